The van der Waals surface area contributed by atoms with E-state index in [2.05, 4.69) is 23.5 Å². The van der Waals surface area contributed by atoms with Gasteiger partial charge in [-0.1, -0.05) is 56.3 Å². The summed E-state index contributed by atoms with van der Waals surface area (Å²) in [5.41, 5.74) is 3.27. The second-order valence-electron chi connectivity index (χ2n) is 6.69. The molecule has 0 amide bonds. The van der Waals surface area contributed by atoms with Crippen molar-refractivity contribution in [2.45, 2.75) is 26.8 Å². The van der Waals surface area contributed by atoms with Crippen LogP contribution in [-0.4, -0.2) is 24.7 Å². The van der Waals surface area contributed by atoms with Crippen LogP contribution in [0.15, 0.2) is 48.5 Å². The van der Waals surface area contributed by atoms with Gasteiger partial charge in [-0.2, -0.15) is 0 Å². The van der Waals surface area contributed by atoms with Gasteiger partial charge in [0.05, 0.1) is 13.0 Å². The van der Waals surface area contributed by atoms with Gasteiger partial charge >= 0.3 is 5.97 Å². The van der Waals surface area contributed by atoms with E-state index in [1.54, 1.807) is 7.11 Å². The quantitative estimate of drug-likeness (QED) is 0.718. The van der Waals surface area contributed by atoms with Gasteiger partial charge < -0.3 is 15.2 Å². The summed E-state index contributed by atoms with van der Waals surface area (Å²) in [5.74, 6) is 0.0642. The van der Waals surface area contributed by atoms with Crippen LogP contribution >= 0.6 is 0 Å². The molecule has 0 radical (unpaired) electrons. The van der Waals surface area contributed by atoms with Crippen LogP contribution in [0.2, 0.25) is 0 Å². The molecule has 0 aliphatic heterocycles. The predicted octanol–water partition coefficient (Wildman–Crippen LogP) is 4.20. The topological polar surface area (TPSA) is 58.6 Å². The molecule has 0 saturated heterocycles. The van der Waals surface area contributed by atoms with Crippen LogP contribution < -0.4 is 10.1 Å². The Kier molecular flexibility index (Phi) is 7.02. The van der Waals surface area contributed by atoms with Crippen molar-refractivity contribution in [2.75, 3.05) is 13.7 Å². The average molecular weight is 341 g/mol. The number of hydrogen-bond donors (Lipinski definition) is 2. The summed E-state index contributed by atoms with van der Waals surface area (Å²) in [4.78, 5) is 11.3. The highest BCUT2D eigenvalue weighted by molar-refractivity contribution is 5.70. The van der Waals surface area contributed by atoms with Gasteiger partial charge in [-0.25, -0.2) is 0 Å². The molecule has 1 unspecified atom stereocenters. The molecule has 134 valence electrons. The number of carboxylic acids is 1. The lowest BCUT2D eigenvalue weighted by molar-refractivity contribution is -0.142. The number of benzene rings is 2. The van der Waals surface area contributed by atoms with Crippen molar-refractivity contribution in [3.8, 4) is 16.9 Å². The maximum absolute atomic E-state index is 11.3. The number of nitrogens with one attached hydrogen (secondary N) is 1. The summed E-state index contributed by atoms with van der Waals surface area (Å²) in [6.45, 7) is 5.12. The minimum Gasteiger partial charge on any atom is -0.496 e. The number of rotatable bonds is 9. The van der Waals surface area contributed by atoms with E-state index in [9.17, 15) is 9.90 Å². The van der Waals surface area contributed by atoms with Crippen molar-refractivity contribution in [1.29, 1.82) is 0 Å². The molecule has 0 bridgehead atoms. The molecule has 4 heteroatoms. The SMILES string of the molecule is COc1cc(-c2ccccc2)ccc1CNCC(CC(C)C)C(=O)O. The molecule has 2 N–H and O–H groups in total. The zero-order valence-corrected chi connectivity index (χ0v) is 15.2. The van der Waals surface area contributed by atoms with E-state index in [0.717, 1.165) is 22.4 Å². The molecule has 1 atom stereocenters. The first-order valence-electron chi connectivity index (χ1n) is 8.67. The molecule has 2 rings (SSSR count). The van der Waals surface area contributed by atoms with Crippen molar-refractivity contribution >= 4 is 5.97 Å². The molecule has 2 aromatic rings. The monoisotopic (exact) mass is 341 g/mol. The van der Waals surface area contributed by atoms with Gasteiger partial charge in [0.25, 0.3) is 0 Å². The zero-order chi connectivity index (χ0) is 18.2. The first-order valence-corrected chi connectivity index (χ1v) is 8.67. The minimum absolute atomic E-state index is 0.364. The number of aliphatic carboxylic acids is 1. The molecule has 0 spiro atoms. The molecule has 0 aromatic heterocycles. The van der Waals surface area contributed by atoms with Crippen LogP contribution in [0.3, 0.4) is 0 Å². The third-order valence-corrected chi connectivity index (χ3v) is 4.21. The van der Waals surface area contributed by atoms with Gasteiger partial charge in [0.1, 0.15) is 5.75 Å². The van der Waals surface area contributed by atoms with Gasteiger partial charge in [0, 0.05) is 18.7 Å². The van der Waals surface area contributed by atoms with Crippen molar-refractivity contribution in [1.82, 2.24) is 5.32 Å². The second kappa shape index (κ2) is 9.23. The number of hydrogen-bond acceptors (Lipinski definition) is 3. The highest BCUT2D eigenvalue weighted by Gasteiger charge is 2.18. The van der Waals surface area contributed by atoms with Crippen molar-refractivity contribution in [3.63, 3.8) is 0 Å². The summed E-state index contributed by atoms with van der Waals surface area (Å²) < 4.78 is 5.52. The Hall–Kier alpha value is -2.33. The highest BCUT2D eigenvalue weighted by Crippen LogP contribution is 2.27. The van der Waals surface area contributed by atoms with E-state index >= 15 is 0 Å². The van der Waals surface area contributed by atoms with Crippen LogP contribution in [0.1, 0.15) is 25.8 Å². The van der Waals surface area contributed by atoms with Gasteiger partial charge in [0.2, 0.25) is 0 Å². The highest BCUT2D eigenvalue weighted by atomic mass is 16.5. The van der Waals surface area contributed by atoms with E-state index in [4.69, 9.17) is 4.74 Å². The Morgan fingerprint density at radius 2 is 1.84 bits per heavy atom. The van der Waals surface area contributed by atoms with E-state index in [0.29, 0.717) is 25.4 Å². The fraction of sp³-hybridized carbons (Fsp3) is 0.381. The fourth-order valence-corrected chi connectivity index (χ4v) is 2.92. The first-order chi connectivity index (χ1) is 12.0. The summed E-state index contributed by atoms with van der Waals surface area (Å²) >= 11 is 0. The third-order valence-electron chi connectivity index (χ3n) is 4.21. The first kappa shape index (κ1) is 19.0. The molecule has 0 fully saturated rings. The maximum Gasteiger partial charge on any atom is 0.307 e. The smallest absolute Gasteiger partial charge is 0.307 e. The van der Waals surface area contributed by atoms with Crippen LogP contribution in [-0.2, 0) is 11.3 Å². The molecule has 25 heavy (non-hydrogen) atoms. The molecule has 4 nitrogen and oxygen atoms in total. The molecular weight excluding hydrogens is 314 g/mol. The Morgan fingerprint density at radius 1 is 1.12 bits per heavy atom. The number of carboxylic acid groups (broad SMARTS) is 1. The van der Waals surface area contributed by atoms with Gasteiger partial charge in [-0.15, -0.1) is 0 Å². The van der Waals surface area contributed by atoms with Crippen LogP contribution in [0.5, 0.6) is 5.75 Å². The standard InChI is InChI=1S/C21H27NO3/c1-15(2)11-19(21(23)24)14-22-13-18-10-9-17(12-20(18)25-3)16-7-5-4-6-8-16/h4-10,12,15,19,22H,11,13-14H2,1-3H3,(H,23,24). The van der Waals surface area contributed by atoms with Gasteiger partial charge in [-0.05, 0) is 29.5 Å². The number of methoxy groups -OCH3 is 1. The van der Waals surface area contributed by atoms with E-state index in [1.165, 1.54) is 0 Å². The Labute approximate surface area is 149 Å². The van der Waals surface area contributed by atoms with E-state index in [1.807, 2.05) is 44.2 Å². The molecule has 0 aliphatic carbocycles. The lowest BCUT2D eigenvalue weighted by Crippen LogP contribution is -2.29. The molecular formula is C21H27NO3. The lowest BCUT2D eigenvalue weighted by Gasteiger charge is -2.16. The Morgan fingerprint density at radius 3 is 2.44 bits per heavy atom. The third kappa shape index (κ3) is 5.61. The van der Waals surface area contributed by atoms with Crippen LogP contribution in [0.4, 0.5) is 0 Å². The summed E-state index contributed by atoms with van der Waals surface area (Å²) in [7, 11) is 1.66. The second-order valence-corrected chi connectivity index (χ2v) is 6.69. The maximum atomic E-state index is 11.3. The van der Waals surface area contributed by atoms with Crippen molar-refractivity contribution < 1.29 is 14.6 Å². The fourth-order valence-electron chi connectivity index (χ4n) is 2.92. The summed E-state index contributed by atoms with van der Waals surface area (Å²) in [6, 6.07) is 16.3. The Balaban J connectivity index is 2.03. The predicted molar refractivity (Wildman–Crippen MR) is 101 cm³/mol. The summed E-state index contributed by atoms with van der Waals surface area (Å²) in [6.07, 6.45) is 0.673. The Bertz CT molecular complexity index is 683. The van der Waals surface area contributed by atoms with Gasteiger partial charge in [-0.3, -0.25) is 4.79 Å². The van der Waals surface area contributed by atoms with Gasteiger partial charge in [0.15, 0.2) is 0 Å². The zero-order valence-electron chi connectivity index (χ0n) is 15.2. The van der Waals surface area contributed by atoms with Crippen molar-refractivity contribution in [3.05, 3.63) is 54.1 Å². The van der Waals surface area contributed by atoms with E-state index < -0.39 is 5.97 Å². The number of carbonyl (C=O) groups is 1. The van der Waals surface area contributed by atoms with Crippen LogP contribution in [0, 0.1) is 11.8 Å². The molecule has 0 heterocycles. The summed E-state index contributed by atoms with van der Waals surface area (Å²) in [5, 5.41) is 12.6. The van der Waals surface area contributed by atoms with E-state index in [-0.39, 0.29) is 5.92 Å². The lowest BCUT2D eigenvalue weighted by atomic mass is 9.97. The molecule has 2 aromatic carbocycles. The molecule has 0 saturated carbocycles. The average Bonchev–Trinajstić information content (AvgIpc) is 2.61. The molecule has 0 aliphatic rings. The van der Waals surface area contributed by atoms with Crippen LogP contribution in [0.25, 0.3) is 11.1 Å². The normalized spacial score (nSPS) is 12.2. The minimum atomic E-state index is -0.743. The number of ether oxygens (including phenoxy) is 1. The largest absolute Gasteiger partial charge is 0.496 e. The van der Waals surface area contributed by atoms with Crippen molar-refractivity contribution in [2.24, 2.45) is 11.8 Å².